The van der Waals surface area contributed by atoms with E-state index in [1.54, 1.807) is 12.1 Å². The smallest absolute Gasteiger partial charge is 0.0862 e. The topological polar surface area (TPSA) is 38.5 Å². The van der Waals surface area contributed by atoms with Crippen molar-refractivity contribution in [2.45, 2.75) is 6.04 Å². The van der Waals surface area contributed by atoms with Gasteiger partial charge in [-0.3, -0.25) is 0 Å². The molecule has 0 bridgehead atoms. The highest BCUT2D eigenvalue weighted by Crippen LogP contribution is 2.02. The Bertz CT molecular complexity index is 154. The van der Waals surface area contributed by atoms with Crippen LogP contribution in [0.1, 0.15) is 0 Å². The van der Waals surface area contributed by atoms with Crippen molar-refractivity contribution in [1.82, 2.24) is 5.01 Å². The Kier molecular flexibility index (Phi) is 2.48. The standard InChI is InChI=1S/C7H12N2O/c1-10-6-7-4-2-3-5-9(7)8/h2-5,7H,6,8H2,1H3/t7-/m0/s1. The minimum absolute atomic E-state index is 0.190. The van der Waals surface area contributed by atoms with E-state index in [0.29, 0.717) is 6.61 Å². The van der Waals surface area contributed by atoms with Crippen LogP contribution in [0.3, 0.4) is 0 Å². The first-order valence-corrected chi connectivity index (χ1v) is 3.21. The van der Waals surface area contributed by atoms with Gasteiger partial charge < -0.3 is 9.75 Å². The van der Waals surface area contributed by atoms with E-state index >= 15 is 0 Å². The van der Waals surface area contributed by atoms with Crippen LogP contribution in [-0.4, -0.2) is 24.8 Å². The molecule has 1 rings (SSSR count). The first kappa shape index (κ1) is 7.31. The van der Waals surface area contributed by atoms with Crippen molar-refractivity contribution in [3.05, 3.63) is 24.4 Å². The highest BCUT2D eigenvalue weighted by Gasteiger charge is 2.09. The summed E-state index contributed by atoms with van der Waals surface area (Å²) in [5.41, 5.74) is 0. The molecule has 0 unspecified atom stereocenters. The third-order valence-corrected chi connectivity index (χ3v) is 1.42. The summed E-state index contributed by atoms with van der Waals surface area (Å²) >= 11 is 0. The van der Waals surface area contributed by atoms with Crippen molar-refractivity contribution in [3.8, 4) is 0 Å². The van der Waals surface area contributed by atoms with Gasteiger partial charge in [-0.25, -0.2) is 5.84 Å². The molecule has 0 aromatic carbocycles. The number of hydrogen-bond acceptors (Lipinski definition) is 3. The Hall–Kier alpha value is -0.800. The van der Waals surface area contributed by atoms with Crippen molar-refractivity contribution >= 4 is 0 Å². The molecular weight excluding hydrogens is 128 g/mol. The number of hydrogen-bond donors (Lipinski definition) is 1. The molecule has 0 radical (unpaired) electrons. The van der Waals surface area contributed by atoms with Gasteiger partial charge in [0.25, 0.3) is 0 Å². The fourth-order valence-electron chi connectivity index (χ4n) is 0.864. The zero-order chi connectivity index (χ0) is 7.40. The summed E-state index contributed by atoms with van der Waals surface area (Å²) < 4.78 is 4.94. The third kappa shape index (κ3) is 1.59. The fourth-order valence-corrected chi connectivity index (χ4v) is 0.864. The Morgan fingerprint density at radius 3 is 3.00 bits per heavy atom. The molecule has 0 saturated heterocycles. The van der Waals surface area contributed by atoms with Crippen LogP contribution in [0, 0.1) is 0 Å². The van der Waals surface area contributed by atoms with Crippen LogP contribution in [-0.2, 0) is 4.74 Å². The summed E-state index contributed by atoms with van der Waals surface area (Å²) in [4.78, 5) is 0. The van der Waals surface area contributed by atoms with Gasteiger partial charge in [0.2, 0.25) is 0 Å². The number of hydrazine groups is 1. The largest absolute Gasteiger partial charge is 0.382 e. The van der Waals surface area contributed by atoms with Crippen LogP contribution in [0.15, 0.2) is 24.4 Å². The molecule has 1 aliphatic heterocycles. The van der Waals surface area contributed by atoms with Gasteiger partial charge in [-0.2, -0.15) is 0 Å². The SMILES string of the molecule is COC[C@@H]1C=CC=CN1N. The van der Waals surface area contributed by atoms with Crippen LogP contribution < -0.4 is 5.84 Å². The number of rotatable bonds is 2. The van der Waals surface area contributed by atoms with Gasteiger partial charge in [-0.15, -0.1) is 0 Å². The Morgan fingerprint density at radius 1 is 1.60 bits per heavy atom. The van der Waals surface area contributed by atoms with E-state index in [4.69, 9.17) is 10.6 Å². The Morgan fingerprint density at radius 2 is 2.40 bits per heavy atom. The highest BCUT2D eigenvalue weighted by atomic mass is 16.5. The zero-order valence-electron chi connectivity index (χ0n) is 6.03. The molecule has 3 nitrogen and oxygen atoms in total. The molecule has 1 heterocycles. The van der Waals surface area contributed by atoms with E-state index < -0.39 is 0 Å². The summed E-state index contributed by atoms with van der Waals surface area (Å²) in [6.45, 7) is 0.636. The lowest BCUT2D eigenvalue weighted by Crippen LogP contribution is -2.39. The van der Waals surface area contributed by atoms with Gasteiger partial charge in [-0.05, 0) is 6.08 Å². The van der Waals surface area contributed by atoms with Crippen LogP contribution in [0.25, 0.3) is 0 Å². The summed E-state index contributed by atoms with van der Waals surface area (Å²) in [7, 11) is 1.67. The zero-order valence-corrected chi connectivity index (χ0v) is 6.03. The summed E-state index contributed by atoms with van der Waals surface area (Å²) in [6.07, 6.45) is 7.69. The number of nitrogens with zero attached hydrogens (tertiary/aromatic N) is 1. The second kappa shape index (κ2) is 3.39. The summed E-state index contributed by atoms with van der Waals surface area (Å²) in [5.74, 6) is 5.58. The molecule has 0 saturated carbocycles. The molecule has 3 heteroatoms. The molecule has 0 fully saturated rings. The lowest BCUT2D eigenvalue weighted by molar-refractivity contribution is 0.139. The fraction of sp³-hybridized carbons (Fsp3) is 0.429. The molecule has 0 amide bonds. The molecule has 1 aliphatic rings. The number of methoxy groups -OCH3 is 1. The van der Waals surface area contributed by atoms with Gasteiger partial charge >= 0.3 is 0 Å². The number of ether oxygens (including phenoxy) is 1. The van der Waals surface area contributed by atoms with Gasteiger partial charge in [0.1, 0.15) is 0 Å². The molecule has 0 aromatic heterocycles. The van der Waals surface area contributed by atoms with E-state index in [1.165, 1.54) is 0 Å². The van der Waals surface area contributed by atoms with Gasteiger partial charge in [0, 0.05) is 13.3 Å². The first-order chi connectivity index (χ1) is 4.84. The predicted molar refractivity (Wildman–Crippen MR) is 40.0 cm³/mol. The van der Waals surface area contributed by atoms with E-state index in [2.05, 4.69) is 0 Å². The lowest BCUT2D eigenvalue weighted by atomic mass is 10.2. The second-order valence-corrected chi connectivity index (χ2v) is 2.20. The monoisotopic (exact) mass is 140 g/mol. The van der Waals surface area contributed by atoms with Crippen molar-refractivity contribution in [1.29, 1.82) is 0 Å². The molecule has 0 spiro atoms. The normalized spacial score (nSPS) is 23.8. The molecule has 0 aliphatic carbocycles. The highest BCUT2D eigenvalue weighted by molar-refractivity contribution is 5.11. The van der Waals surface area contributed by atoms with Crippen molar-refractivity contribution in [3.63, 3.8) is 0 Å². The van der Waals surface area contributed by atoms with Gasteiger partial charge in [-0.1, -0.05) is 12.2 Å². The van der Waals surface area contributed by atoms with Crippen LogP contribution >= 0.6 is 0 Å². The Labute approximate surface area is 60.7 Å². The molecular formula is C7H12N2O. The lowest BCUT2D eigenvalue weighted by Gasteiger charge is -2.24. The van der Waals surface area contributed by atoms with Crippen LogP contribution in [0.4, 0.5) is 0 Å². The molecule has 0 aromatic rings. The minimum atomic E-state index is 0.190. The molecule has 2 N–H and O–H groups in total. The van der Waals surface area contributed by atoms with Crippen molar-refractivity contribution in [2.24, 2.45) is 5.84 Å². The van der Waals surface area contributed by atoms with Crippen LogP contribution in [0.2, 0.25) is 0 Å². The summed E-state index contributed by atoms with van der Waals surface area (Å²) in [6, 6.07) is 0.190. The van der Waals surface area contributed by atoms with E-state index in [9.17, 15) is 0 Å². The predicted octanol–water partition coefficient (Wildman–Crippen LogP) is 0.261. The van der Waals surface area contributed by atoms with Crippen LogP contribution in [0.5, 0.6) is 0 Å². The Balaban J connectivity index is 2.44. The second-order valence-electron chi connectivity index (χ2n) is 2.20. The molecule has 1 atom stereocenters. The molecule has 56 valence electrons. The van der Waals surface area contributed by atoms with E-state index in [-0.39, 0.29) is 6.04 Å². The average Bonchev–Trinajstić information content (AvgIpc) is 1.94. The number of allylic oxidation sites excluding steroid dienone is 2. The van der Waals surface area contributed by atoms with Crippen molar-refractivity contribution < 1.29 is 4.74 Å². The molecule has 10 heavy (non-hydrogen) atoms. The first-order valence-electron chi connectivity index (χ1n) is 3.21. The maximum Gasteiger partial charge on any atom is 0.0862 e. The third-order valence-electron chi connectivity index (χ3n) is 1.42. The summed E-state index contributed by atoms with van der Waals surface area (Å²) in [5, 5.41) is 1.63. The maximum absolute atomic E-state index is 5.58. The quantitative estimate of drug-likeness (QED) is 0.559. The minimum Gasteiger partial charge on any atom is -0.382 e. The average molecular weight is 140 g/mol. The van der Waals surface area contributed by atoms with Gasteiger partial charge in [0.05, 0.1) is 12.6 Å². The van der Waals surface area contributed by atoms with E-state index in [1.807, 2.05) is 24.4 Å². The maximum atomic E-state index is 5.58. The van der Waals surface area contributed by atoms with Gasteiger partial charge in [0.15, 0.2) is 0 Å². The van der Waals surface area contributed by atoms with E-state index in [0.717, 1.165) is 0 Å². The van der Waals surface area contributed by atoms with Crippen molar-refractivity contribution in [2.75, 3.05) is 13.7 Å². The number of nitrogens with two attached hydrogens (primary N) is 1.